The van der Waals surface area contributed by atoms with E-state index in [-0.39, 0.29) is 5.57 Å². The average Bonchev–Trinajstić information content (AvgIpc) is 2.46. The van der Waals surface area contributed by atoms with Gasteiger partial charge in [0.15, 0.2) is 0 Å². The third-order valence-electron chi connectivity index (χ3n) is 2.42. The number of ether oxygens (including phenoxy) is 3. The lowest BCUT2D eigenvalue weighted by Gasteiger charge is -2.10. The van der Waals surface area contributed by atoms with E-state index in [0.29, 0.717) is 30.3 Å². The topological polar surface area (TPSA) is 68.5 Å². The van der Waals surface area contributed by atoms with Crippen molar-refractivity contribution in [3.05, 3.63) is 29.3 Å². The van der Waals surface area contributed by atoms with Crippen molar-refractivity contribution in [2.24, 2.45) is 0 Å². The molecule has 0 saturated heterocycles. The summed E-state index contributed by atoms with van der Waals surface area (Å²) in [4.78, 5) is 11.4. The summed E-state index contributed by atoms with van der Waals surface area (Å²) in [6.45, 7) is 4.76. The first-order valence-electron chi connectivity index (χ1n) is 6.26. The number of esters is 1. The summed E-state index contributed by atoms with van der Waals surface area (Å²) >= 11 is 0. The molecule has 0 spiro atoms. The Morgan fingerprint density at radius 2 is 2.00 bits per heavy atom. The van der Waals surface area contributed by atoms with E-state index in [1.807, 2.05) is 19.9 Å². The summed E-state index contributed by atoms with van der Waals surface area (Å²) in [6.07, 6.45) is 1.44. The number of hydrogen-bond donors (Lipinski definition) is 0. The largest absolute Gasteiger partial charge is 0.494 e. The Morgan fingerprint density at radius 1 is 1.30 bits per heavy atom. The van der Waals surface area contributed by atoms with Gasteiger partial charge in [0.05, 0.1) is 20.3 Å². The van der Waals surface area contributed by atoms with Gasteiger partial charge in [-0.15, -0.1) is 0 Å². The van der Waals surface area contributed by atoms with Gasteiger partial charge in [-0.25, -0.2) is 4.79 Å². The van der Waals surface area contributed by atoms with Crippen LogP contribution < -0.4 is 9.47 Å². The molecule has 1 aromatic carbocycles. The highest BCUT2D eigenvalue weighted by atomic mass is 16.5. The normalized spacial score (nSPS) is 10.6. The van der Waals surface area contributed by atoms with E-state index in [2.05, 4.69) is 4.74 Å². The van der Waals surface area contributed by atoms with Gasteiger partial charge in [0.2, 0.25) is 0 Å². The number of nitrogens with zero attached hydrogens (tertiary/aromatic N) is 1. The average molecular weight is 275 g/mol. The fourth-order valence-corrected chi connectivity index (χ4v) is 1.57. The first-order chi connectivity index (χ1) is 9.65. The van der Waals surface area contributed by atoms with Crippen molar-refractivity contribution < 1.29 is 19.0 Å². The molecule has 0 unspecified atom stereocenters. The molecule has 0 aliphatic heterocycles. The van der Waals surface area contributed by atoms with E-state index in [1.54, 1.807) is 18.2 Å². The maximum atomic E-state index is 11.4. The van der Waals surface area contributed by atoms with Crippen LogP contribution in [0.3, 0.4) is 0 Å². The quantitative estimate of drug-likeness (QED) is 0.453. The molecule has 1 aromatic rings. The van der Waals surface area contributed by atoms with Crippen LogP contribution in [0.5, 0.6) is 11.5 Å². The molecule has 106 valence electrons. The van der Waals surface area contributed by atoms with Gasteiger partial charge in [-0.3, -0.25) is 0 Å². The molecule has 0 saturated carbocycles. The van der Waals surface area contributed by atoms with Crippen molar-refractivity contribution in [2.45, 2.75) is 13.8 Å². The SMILES string of the molecule is CCOc1ccc(C=C(C#N)C(=O)OC)c(OCC)c1. The van der Waals surface area contributed by atoms with E-state index < -0.39 is 5.97 Å². The molecule has 0 radical (unpaired) electrons. The second-order valence-corrected chi connectivity index (χ2v) is 3.73. The summed E-state index contributed by atoms with van der Waals surface area (Å²) in [5.74, 6) is 0.545. The van der Waals surface area contributed by atoms with E-state index in [1.165, 1.54) is 13.2 Å². The first-order valence-corrected chi connectivity index (χ1v) is 6.26. The Bertz CT molecular complexity index is 543. The third-order valence-corrected chi connectivity index (χ3v) is 2.42. The summed E-state index contributed by atoms with van der Waals surface area (Å²) in [5.41, 5.74) is 0.537. The summed E-state index contributed by atoms with van der Waals surface area (Å²) in [5, 5.41) is 8.96. The highest BCUT2D eigenvalue weighted by Gasteiger charge is 2.11. The van der Waals surface area contributed by atoms with Gasteiger partial charge in [0, 0.05) is 11.6 Å². The molecule has 5 heteroatoms. The molecule has 5 nitrogen and oxygen atoms in total. The monoisotopic (exact) mass is 275 g/mol. The molecule has 1 rings (SSSR count). The lowest BCUT2D eigenvalue weighted by molar-refractivity contribution is -0.135. The zero-order valence-corrected chi connectivity index (χ0v) is 11.8. The number of rotatable bonds is 6. The highest BCUT2D eigenvalue weighted by molar-refractivity contribution is 5.98. The smallest absolute Gasteiger partial charge is 0.348 e. The molecule has 0 aliphatic carbocycles. The number of nitriles is 1. The molecule has 20 heavy (non-hydrogen) atoms. The fraction of sp³-hybridized carbons (Fsp3) is 0.333. The Morgan fingerprint density at radius 3 is 2.55 bits per heavy atom. The van der Waals surface area contributed by atoms with Crippen molar-refractivity contribution in [1.82, 2.24) is 0 Å². The van der Waals surface area contributed by atoms with Crippen molar-refractivity contribution >= 4 is 12.0 Å². The lowest BCUT2D eigenvalue weighted by Crippen LogP contribution is -2.03. The van der Waals surface area contributed by atoms with Crippen LogP contribution in [0.15, 0.2) is 23.8 Å². The second kappa shape index (κ2) is 7.85. The van der Waals surface area contributed by atoms with E-state index in [0.717, 1.165) is 0 Å². The van der Waals surface area contributed by atoms with Crippen LogP contribution in [0.4, 0.5) is 0 Å². The Labute approximate surface area is 118 Å². The van der Waals surface area contributed by atoms with Crippen molar-refractivity contribution in [1.29, 1.82) is 5.26 Å². The van der Waals surface area contributed by atoms with E-state index >= 15 is 0 Å². The van der Waals surface area contributed by atoms with Gasteiger partial charge in [-0.1, -0.05) is 0 Å². The maximum Gasteiger partial charge on any atom is 0.348 e. The molecular formula is C15H17NO4. The van der Waals surface area contributed by atoms with Gasteiger partial charge in [0.25, 0.3) is 0 Å². The van der Waals surface area contributed by atoms with E-state index in [4.69, 9.17) is 14.7 Å². The number of benzene rings is 1. The fourth-order valence-electron chi connectivity index (χ4n) is 1.57. The Balaban J connectivity index is 3.19. The Kier molecular flexibility index (Phi) is 6.11. The summed E-state index contributed by atoms with van der Waals surface area (Å²) < 4.78 is 15.4. The molecule has 0 amide bonds. The lowest BCUT2D eigenvalue weighted by atomic mass is 10.1. The Hall–Kier alpha value is -2.48. The minimum Gasteiger partial charge on any atom is -0.494 e. The number of hydrogen-bond acceptors (Lipinski definition) is 5. The zero-order chi connectivity index (χ0) is 15.0. The molecular weight excluding hydrogens is 258 g/mol. The molecule has 0 aliphatic rings. The minimum absolute atomic E-state index is 0.0855. The predicted molar refractivity (Wildman–Crippen MR) is 74.4 cm³/mol. The van der Waals surface area contributed by atoms with Crippen LogP contribution in [0, 0.1) is 11.3 Å². The molecule has 0 atom stereocenters. The molecule has 0 heterocycles. The van der Waals surface area contributed by atoms with Gasteiger partial charge in [-0.2, -0.15) is 5.26 Å². The van der Waals surface area contributed by atoms with E-state index in [9.17, 15) is 4.79 Å². The third kappa shape index (κ3) is 4.02. The summed E-state index contributed by atoms with van der Waals surface area (Å²) in [7, 11) is 1.23. The second-order valence-electron chi connectivity index (χ2n) is 3.73. The van der Waals surface area contributed by atoms with Gasteiger partial charge in [-0.05, 0) is 32.1 Å². The van der Waals surface area contributed by atoms with Crippen molar-refractivity contribution in [3.63, 3.8) is 0 Å². The highest BCUT2D eigenvalue weighted by Crippen LogP contribution is 2.27. The van der Waals surface area contributed by atoms with Crippen LogP contribution in [0.1, 0.15) is 19.4 Å². The number of carbonyl (C=O) groups excluding carboxylic acids is 1. The molecule has 0 bridgehead atoms. The molecule has 0 fully saturated rings. The number of methoxy groups -OCH3 is 1. The number of carbonyl (C=O) groups is 1. The van der Waals surface area contributed by atoms with Gasteiger partial charge >= 0.3 is 5.97 Å². The first kappa shape index (κ1) is 15.6. The molecule has 0 aromatic heterocycles. The predicted octanol–water partition coefficient (Wildman–Crippen LogP) is 2.56. The zero-order valence-electron chi connectivity index (χ0n) is 11.8. The van der Waals surface area contributed by atoms with Crippen LogP contribution >= 0.6 is 0 Å². The van der Waals surface area contributed by atoms with Crippen molar-refractivity contribution in [2.75, 3.05) is 20.3 Å². The standard InChI is InChI=1S/C15H17NO4/c1-4-19-13-7-6-11(14(9-13)20-5-2)8-12(10-16)15(17)18-3/h6-9H,4-5H2,1-3H3. The molecule has 0 N–H and O–H groups in total. The van der Waals surface area contributed by atoms with Crippen LogP contribution in [-0.2, 0) is 9.53 Å². The van der Waals surface area contributed by atoms with Crippen LogP contribution in [0.2, 0.25) is 0 Å². The van der Waals surface area contributed by atoms with Gasteiger partial charge in [0.1, 0.15) is 23.1 Å². The van der Waals surface area contributed by atoms with Crippen LogP contribution in [-0.4, -0.2) is 26.3 Å². The minimum atomic E-state index is -0.677. The van der Waals surface area contributed by atoms with Crippen molar-refractivity contribution in [3.8, 4) is 17.6 Å². The van der Waals surface area contributed by atoms with Gasteiger partial charge < -0.3 is 14.2 Å². The summed E-state index contributed by atoms with van der Waals surface area (Å²) in [6, 6.07) is 7.02. The maximum absolute atomic E-state index is 11.4. The van der Waals surface area contributed by atoms with Crippen LogP contribution in [0.25, 0.3) is 6.08 Å².